The summed E-state index contributed by atoms with van der Waals surface area (Å²) in [6.45, 7) is 0.388. The molecule has 0 heterocycles. The molecule has 0 amide bonds. The fourth-order valence-electron chi connectivity index (χ4n) is 0.285. The van der Waals surface area contributed by atoms with Crippen LogP contribution in [-0.2, 0) is 12.8 Å². The summed E-state index contributed by atoms with van der Waals surface area (Å²) in [6, 6.07) is 0. The first-order valence-corrected chi connectivity index (χ1v) is 3.91. The SMILES string of the molecule is BOPC(COS)OS. The average Bonchev–Trinajstić information content (AvgIpc) is 1.88. The van der Waals surface area contributed by atoms with Crippen molar-refractivity contribution >= 4 is 42.7 Å². The fourth-order valence-corrected chi connectivity index (χ4v) is 1.21. The van der Waals surface area contributed by atoms with Crippen LogP contribution < -0.4 is 0 Å². The molecule has 0 saturated heterocycles. The number of thiol groups is 2. The van der Waals surface area contributed by atoms with Gasteiger partial charge >= 0.3 is 0 Å². The van der Waals surface area contributed by atoms with Gasteiger partial charge in [0.15, 0.2) is 0 Å². The molecule has 0 rings (SSSR count). The minimum Gasteiger partial charge on any atom is -0.424 e. The van der Waals surface area contributed by atoms with Crippen molar-refractivity contribution in [2.24, 2.45) is 0 Å². The molecule has 0 radical (unpaired) electrons. The summed E-state index contributed by atoms with van der Waals surface area (Å²) < 4.78 is 13.9. The quantitative estimate of drug-likeness (QED) is 0.278. The van der Waals surface area contributed by atoms with E-state index in [9.17, 15) is 0 Å². The third-order valence-electron chi connectivity index (χ3n) is 0.602. The average molecular weight is 186 g/mol. The van der Waals surface area contributed by atoms with Gasteiger partial charge in [0, 0.05) is 8.81 Å². The lowest BCUT2D eigenvalue weighted by atomic mass is 10.6. The highest BCUT2D eigenvalue weighted by Crippen LogP contribution is 2.21. The smallest absolute Gasteiger partial charge is 0.262 e. The normalized spacial score (nSPS) is 14.9. The lowest BCUT2D eigenvalue weighted by Crippen LogP contribution is -2.07. The highest BCUT2D eigenvalue weighted by atomic mass is 32.1. The summed E-state index contributed by atoms with van der Waals surface area (Å²) in [5, 5.41) is 0. The first-order chi connectivity index (χ1) is 4.35. The van der Waals surface area contributed by atoms with Crippen LogP contribution in [0.5, 0.6) is 0 Å². The van der Waals surface area contributed by atoms with Crippen molar-refractivity contribution in [1.29, 1.82) is 0 Å². The summed E-state index contributed by atoms with van der Waals surface area (Å²) in [6.07, 6.45) is 0. The van der Waals surface area contributed by atoms with Crippen molar-refractivity contribution in [2.75, 3.05) is 6.61 Å². The molecule has 0 fully saturated rings. The molecule has 0 aromatic heterocycles. The predicted molar refractivity (Wildman–Crippen MR) is 46.7 cm³/mol. The maximum Gasteiger partial charge on any atom is 0.262 e. The fraction of sp³-hybridized carbons (Fsp3) is 1.00. The maximum absolute atomic E-state index is 4.79. The largest absolute Gasteiger partial charge is 0.424 e. The minimum absolute atomic E-state index is 0.115. The second-order valence-electron chi connectivity index (χ2n) is 1.21. The van der Waals surface area contributed by atoms with E-state index < -0.39 is 0 Å². The lowest BCUT2D eigenvalue weighted by molar-refractivity contribution is 0.237. The lowest BCUT2D eigenvalue weighted by Gasteiger charge is -2.09. The molecule has 0 aliphatic heterocycles. The molecule has 0 N–H and O–H groups in total. The molecular weight excluding hydrogens is 178 g/mol. The van der Waals surface area contributed by atoms with E-state index in [4.69, 9.17) is 4.44 Å². The highest BCUT2D eigenvalue weighted by molar-refractivity contribution is 7.75. The first kappa shape index (κ1) is 10.1. The van der Waals surface area contributed by atoms with E-state index in [0.29, 0.717) is 6.61 Å². The van der Waals surface area contributed by atoms with Gasteiger partial charge in [-0.25, -0.2) is 0 Å². The molecule has 2 atom stereocenters. The van der Waals surface area contributed by atoms with Gasteiger partial charge in [0.1, 0.15) is 5.85 Å². The van der Waals surface area contributed by atoms with Crippen LogP contribution in [-0.4, -0.2) is 20.5 Å². The van der Waals surface area contributed by atoms with Crippen LogP contribution in [0.4, 0.5) is 0 Å². The third-order valence-corrected chi connectivity index (χ3v) is 1.99. The van der Waals surface area contributed by atoms with Crippen LogP contribution in [0.15, 0.2) is 0 Å². The van der Waals surface area contributed by atoms with E-state index in [2.05, 4.69) is 34.2 Å². The van der Waals surface area contributed by atoms with Gasteiger partial charge in [-0.15, -0.1) is 0 Å². The van der Waals surface area contributed by atoms with Crippen molar-refractivity contribution < 1.29 is 12.8 Å². The Balaban J connectivity index is 3.18. The summed E-state index contributed by atoms with van der Waals surface area (Å²) >= 11 is 7.14. The molecule has 0 aromatic rings. The Kier molecular flexibility index (Phi) is 8.04. The van der Waals surface area contributed by atoms with Crippen LogP contribution in [0.1, 0.15) is 0 Å². The molecule has 7 heteroatoms. The molecule has 0 spiro atoms. The topological polar surface area (TPSA) is 27.7 Å². The van der Waals surface area contributed by atoms with Gasteiger partial charge in [-0.3, -0.25) is 0 Å². The zero-order valence-corrected chi connectivity index (χ0v) is 7.69. The Bertz CT molecular complexity index is 61.8. The second-order valence-corrected chi connectivity index (χ2v) is 2.97. The number of hydrogen-bond donors (Lipinski definition) is 2. The number of rotatable bonds is 5. The first-order valence-electron chi connectivity index (χ1n) is 2.20. The molecule has 0 aliphatic rings. The summed E-state index contributed by atoms with van der Waals surface area (Å²) in [5.41, 5.74) is 0. The summed E-state index contributed by atoms with van der Waals surface area (Å²) in [4.78, 5) is 0. The standard InChI is InChI=1S/C2H8BO3PS2/c3-6-7-2(5-9)1-4-8/h2,7-9H,1,3H2. The van der Waals surface area contributed by atoms with Crippen LogP contribution in [0.25, 0.3) is 0 Å². The minimum atomic E-state index is -0.115. The van der Waals surface area contributed by atoms with Crippen LogP contribution in [0, 0.1) is 0 Å². The van der Waals surface area contributed by atoms with Crippen LogP contribution in [0.3, 0.4) is 0 Å². The Hall–Kier alpha value is 1.07. The number of hydrogen-bond acceptors (Lipinski definition) is 5. The summed E-state index contributed by atoms with van der Waals surface area (Å²) in [5.74, 6) is -0.115. The van der Waals surface area contributed by atoms with Gasteiger partial charge in [-0.2, -0.15) is 0 Å². The summed E-state index contributed by atoms with van der Waals surface area (Å²) in [7, 11) is 1.83. The van der Waals surface area contributed by atoms with E-state index in [1.807, 2.05) is 0 Å². The van der Waals surface area contributed by atoms with Crippen molar-refractivity contribution in [3.05, 3.63) is 0 Å². The van der Waals surface area contributed by atoms with Crippen molar-refractivity contribution in [1.82, 2.24) is 0 Å². The van der Waals surface area contributed by atoms with Gasteiger partial charge < -0.3 is 12.8 Å². The zero-order chi connectivity index (χ0) is 7.11. The van der Waals surface area contributed by atoms with E-state index >= 15 is 0 Å². The molecule has 0 aromatic carbocycles. The Morgan fingerprint density at radius 1 is 1.56 bits per heavy atom. The van der Waals surface area contributed by atoms with Gasteiger partial charge in [0.2, 0.25) is 0 Å². The molecule has 2 unspecified atom stereocenters. The third kappa shape index (κ3) is 5.52. The molecule has 0 aliphatic carbocycles. The van der Waals surface area contributed by atoms with E-state index in [0.717, 1.165) is 0 Å². The van der Waals surface area contributed by atoms with Gasteiger partial charge in [0.25, 0.3) is 8.05 Å². The molecule has 0 saturated carbocycles. The van der Waals surface area contributed by atoms with Gasteiger partial charge in [0.05, 0.1) is 6.61 Å². The van der Waals surface area contributed by atoms with E-state index in [-0.39, 0.29) is 14.7 Å². The highest BCUT2D eigenvalue weighted by Gasteiger charge is 2.05. The van der Waals surface area contributed by atoms with Crippen molar-refractivity contribution in [3.8, 4) is 0 Å². The molecule has 54 valence electrons. The Morgan fingerprint density at radius 2 is 2.22 bits per heavy atom. The zero-order valence-electron chi connectivity index (χ0n) is 4.90. The molecule has 9 heavy (non-hydrogen) atoms. The van der Waals surface area contributed by atoms with E-state index in [1.165, 1.54) is 0 Å². The maximum atomic E-state index is 4.79. The predicted octanol–water partition coefficient (Wildman–Crippen LogP) is 0.193. The van der Waals surface area contributed by atoms with Gasteiger partial charge in [-0.1, -0.05) is 0 Å². The van der Waals surface area contributed by atoms with Crippen LogP contribution >= 0.6 is 34.6 Å². The molecule has 3 nitrogen and oxygen atoms in total. The van der Waals surface area contributed by atoms with Crippen molar-refractivity contribution in [2.45, 2.75) is 5.85 Å². The molecular formula is C2H8BO3PS2. The van der Waals surface area contributed by atoms with E-state index in [1.54, 1.807) is 8.05 Å². The van der Waals surface area contributed by atoms with Crippen LogP contribution in [0.2, 0.25) is 0 Å². The van der Waals surface area contributed by atoms with Gasteiger partial charge in [-0.05, 0) is 25.8 Å². The monoisotopic (exact) mass is 186 g/mol. The Morgan fingerprint density at radius 3 is 2.56 bits per heavy atom. The molecule has 0 bridgehead atoms. The van der Waals surface area contributed by atoms with Crippen molar-refractivity contribution in [3.63, 3.8) is 0 Å². The second kappa shape index (κ2) is 7.19. The Labute approximate surface area is 68.4 Å².